The molecule has 1 rings (SSSR count). The smallest absolute Gasteiger partial charge is 0.275 e. The van der Waals surface area contributed by atoms with E-state index in [1.54, 1.807) is 0 Å². The predicted molar refractivity (Wildman–Crippen MR) is 65.8 cm³/mol. The minimum Gasteiger partial charge on any atom is -0.275 e. The molecule has 0 aliphatic carbocycles. The van der Waals surface area contributed by atoms with Crippen molar-refractivity contribution < 1.29 is 17.7 Å². The minimum absolute atomic E-state index is 0.125. The lowest BCUT2D eigenvalue weighted by atomic mass is 10.2. The van der Waals surface area contributed by atoms with Crippen LogP contribution in [0.5, 0.6) is 0 Å². The maximum atomic E-state index is 13.4. The van der Waals surface area contributed by atoms with Gasteiger partial charge >= 0.3 is 0 Å². The molecule has 1 aromatic rings. The first-order chi connectivity index (χ1) is 8.37. The van der Waals surface area contributed by atoms with Crippen LogP contribution in [0.1, 0.15) is 6.42 Å². The van der Waals surface area contributed by atoms with Crippen molar-refractivity contribution in [3.63, 3.8) is 0 Å². The van der Waals surface area contributed by atoms with Gasteiger partial charge in [-0.25, -0.2) is 12.8 Å². The van der Waals surface area contributed by atoms with E-state index in [2.05, 4.69) is 0 Å². The molecule has 0 heterocycles. The number of para-hydroxylation sites is 1. The Morgan fingerprint density at radius 2 is 2.11 bits per heavy atom. The standard InChI is InChI=1S/C9H10ClFN2O4S/c10-5-2-6-18(16,17)12-9-7(11)3-1-4-8(9)13(14)15/h1,3-4,12H,2,5-6H2. The molecule has 0 fully saturated rings. The minimum atomic E-state index is -3.85. The molecule has 18 heavy (non-hydrogen) atoms. The number of halogens is 2. The van der Waals surface area contributed by atoms with Gasteiger partial charge in [0.05, 0.1) is 10.7 Å². The lowest BCUT2D eigenvalue weighted by molar-refractivity contribution is -0.384. The van der Waals surface area contributed by atoms with Gasteiger partial charge in [0.1, 0.15) is 0 Å². The van der Waals surface area contributed by atoms with Crippen LogP contribution in [0.4, 0.5) is 15.8 Å². The Kier molecular flexibility index (Phi) is 4.85. The molecule has 0 aliphatic rings. The molecular weight excluding hydrogens is 287 g/mol. The second kappa shape index (κ2) is 5.96. The van der Waals surface area contributed by atoms with Crippen molar-refractivity contribution >= 4 is 33.0 Å². The fraction of sp³-hybridized carbons (Fsp3) is 0.333. The molecule has 0 atom stereocenters. The third-order valence-corrected chi connectivity index (χ3v) is 3.60. The van der Waals surface area contributed by atoms with Gasteiger partial charge in [-0.15, -0.1) is 11.6 Å². The third-order valence-electron chi connectivity index (χ3n) is 1.99. The van der Waals surface area contributed by atoms with Crippen LogP contribution in [-0.2, 0) is 10.0 Å². The number of nitrogens with zero attached hydrogens (tertiary/aromatic N) is 1. The van der Waals surface area contributed by atoms with Gasteiger partial charge in [-0.1, -0.05) is 6.07 Å². The average Bonchev–Trinajstić information content (AvgIpc) is 2.28. The molecule has 1 aromatic carbocycles. The largest absolute Gasteiger partial charge is 0.296 e. The zero-order valence-electron chi connectivity index (χ0n) is 9.10. The highest BCUT2D eigenvalue weighted by Gasteiger charge is 2.22. The summed E-state index contributed by atoms with van der Waals surface area (Å²) in [4.78, 5) is 9.80. The highest BCUT2D eigenvalue weighted by atomic mass is 35.5. The third kappa shape index (κ3) is 3.81. The molecule has 0 aromatic heterocycles. The number of benzene rings is 1. The van der Waals surface area contributed by atoms with Crippen molar-refractivity contribution in [2.75, 3.05) is 16.4 Å². The molecule has 9 heteroatoms. The number of anilines is 1. The van der Waals surface area contributed by atoms with Crippen LogP contribution in [-0.4, -0.2) is 25.0 Å². The van der Waals surface area contributed by atoms with E-state index in [1.165, 1.54) is 0 Å². The first-order valence-electron chi connectivity index (χ1n) is 4.87. The van der Waals surface area contributed by atoms with Crippen LogP contribution in [0.25, 0.3) is 0 Å². The summed E-state index contributed by atoms with van der Waals surface area (Å²) < 4.78 is 38.3. The number of nitrogens with one attached hydrogen (secondary N) is 1. The number of nitro groups is 1. The summed E-state index contributed by atoms with van der Waals surface area (Å²) in [6, 6.07) is 3.08. The molecule has 100 valence electrons. The number of alkyl halides is 1. The Hall–Kier alpha value is -1.41. The molecule has 0 amide bonds. The summed E-state index contributed by atoms with van der Waals surface area (Å²) >= 11 is 5.35. The Bertz CT molecular complexity index is 549. The van der Waals surface area contributed by atoms with Gasteiger partial charge in [0.25, 0.3) is 5.69 Å². The van der Waals surface area contributed by atoms with Gasteiger partial charge in [-0.3, -0.25) is 14.8 Å². The normalized spacial score (nSPS) is 11.2. The number of rotatable bonds is 6. The molecule has 0 unspecified atom stereocenters. The summed E-state index contributed by atoms with van der Waals surface area (Å²) in [7, 11) is -3.85. The summed E-state index contributed by atoms with van der Waals surface area (Å²) in [6.45, 7) is 0. The first kappa shape index (κ1) is 14.7. The number of hydrogen-bond acceptors (Lipinski definition) is 4. The molecule has 0 bridgehead atoms. The number of nitro benzene ring substituents is 1. The van der Waals surface area contributed by atoms with E-state index in [0.29, 0.717) is 0 Å². The SMILES string of the molecule is O=[N+]([O-])c1cccc(F)c1NS(=O)(=O)CCCCl. The van der Waals surface area contributed by atoms with E-state index < -0.39 is 32.1 Å². The highest BCUT2D eigenvalue weighted by molar-refractivity contribution is 7.92. The second-order valence-electron chi connectivity index (χ2n) is 3.35. The topological polar surface area (TPSA) is 89.3 Å². The fourth-order valence-corrected chi connectivity index (χ4v) is 2.65. The molecule has 6 nitrogen and oxygen atoms in total. The first-order valence-corrected chi connectivity index (χ1v) is 7.05. The maximum absolute atomic E-state index is 13.4. The van der Waals surface area contributed by atoms with E-state index in [1.807, 2.05) is 4.72 Å². The lowest BCUT2D eigenvalue weighted by Crippen LogP contribution is -2.18. The molecule has 1 N–H and O–H groups in total. The van der Waals surface area contributed by atoms with Crippen molar-refractivity contribution in [1.82, 2.24) is 0 Å². The lowest BCUT2D eigenvalue weighted by Gasteiger charge is -2.08. The monoisotopic (exact) mass is 296 g/mol. The Morgan fingerprint density at radius 3 is 2.67 bits per heavy atom. The van der Waals surface area contributed by atoms with Crippen molar-refractivity contribution in [3.8, 4) is 0 Å². The van der Waals surface area contributed by atoms with E-state index in [9.17, 15) is 22.9 Å². The fourth-order valence-electron chi connectivity index (χ4n) is 1.22. The van der Waals surface area contributed by atoms with Gasteiger partial charge in [0, 0.05) is 11.9 Å². The van der Waals surface area contributed by atoms with Gasteiger partial charge in [0.2, 0.25) is 10.0 Å². The van der Waals surface area contributed by atoms with Gasteiger partial charge in [-0.05, 0) is 12.5 Å². The zero-order chi connectivity index (χ0) is 13.8. The van der Waals surface area contributed by atoms with E-state index in [-0.39, 0.29) is 18.1 Å². The van der Waals surface area contributed by atoms with Crippen molar-refractivity contribution in [2.45, 2.75) is 6.42 Å². The summed E-state index contributed by atoms with van der Waals surface area (Å²) in [5.74, 6) is -1.21. The molecule has 0 saturated heterocycles. The van der Waals surface area contributed by atoms with Crippen LogP contribution in [0.15, 0.2) is 18.2 Å². The zero-order valence-corrected chi connectivity index (χ0v) is 10.7. The molecule has 0 aliphatic heterocycles. The summed E-state index contributed by atoms with van der Waals surface area (Å²) in [5, 5.41) is 10.7. The van der Waals surface area contributed by atoms with Gasteiger partial charge in [-0.2, -0.15) is 0 Å². The molecular formula is C9H10ClFN2O4S. The van der Waals surface area contributed by atoms with Crippen LogP contribution < -0.4 is 4.72 Å². The van der Waals surface area contributed by atoms with Crippen molar-refractivity contribution in [3.05, 3.63) is 34.1 Å². The maximum Gasteiger partial charge on any atom is 0.296 e. The second-order valence-corrected chi connectivity index (χ2v) is 5.57. The van der Waals surface area contributed by atoms with Gasteiger partial charge in [0.15, 0.2) is 11.5 Å². The Balaban J connectivity index is 3.07. The van der Waals surface area contributed by atoms with Crippen LogP contribution in [0.2, 0.25) is 0 Å². The van der Waals surface area contributed by atoms with Crippen LogP contribution in [0, 0.1) is 15.9 Å². The predicted octanol–water partition coefficient (Wildman–Crippen LogP) is 2.10. The van der Waals surface area contributed by atoms with Crippen molar-refractivity contribution in [2.24, 2.45) is 0 Å². The number of sulfonamides is 1. The Morgan fingerprint density at radius 1 is 1.44 bits per heavy atom. The molecule has 0 radical (unpaired) electrons. The van der Waals surface area contributed by atoms with Crippen molar-refractivity contribution in [1.29, 1.82) is 0 Å². The van der Waals surface area contributed by atoms with Crippen LogP contribution >= 0.6 is 11.6 Å². The average molecular weight is 297 g/mol. The van der Waals surface area contributed by atoms with E-state index in [0.717, 1.165) is 18.2 Å². The quantitative estimate of drug-likeness (QED) is 0.494. The summed E-state index contributed by atoms with van der Waals surface area (Å²) in [6.07, 6.45) is 0.166. The molecule has 0 saturated carbocycles. The molecule has 0 spiro atoms. The van der Waals surface area contributed by atoms with Crippen LogP contribution in [0.3, 0.4) is 0 Å². The van der Waals surface area contributed by atoms with E-state index in [4.69, 9.17) is 11.6 Å². The summed E-state index contributed by atoms with van der Waals surface area (Å²) in [5.41, 5.74) is -1.29. The highest BCUT2D eigenvalue weighted by Crippen LogP contribution is 2.27. The Labute approximate surface area is 108 Å². The van der Waals surface area contributed by atoms with Gasteiger partial charge < -0.3 is 0 Å². The number of hydrogen-bond donors (Lipinski definition) is 1. The van der Waals surface area contributed by atoms with E-state index >= 15 is 0 Å².